The molecule has 3 N–H and O–H groups in total. The summed E-state index contributed by atoms with van der Waals surface area (Å²) in [6, 6.07) is 9.36. The van der Waals surface area contributed by atoms with Crippen LogP contribution in [0.5, 0.6) is 5.75 Å². The van der Waals surface area contributed by atoms with Crippen LogP contribution in [0.1, 0.15) is 43.4 Å². The van der Waals surface area contributed by atoms with E-state index in [1.54, 1.807) is 18.2 Å². The number of hydrogen-bond acceptors (Lipinski definition) is 4. The first-order valence-corrected chi connectivity index (χ1v) is 8.86. The number of benzene rings is 1. The Morgan fingerprint density at radius 3 is 2.44 bits per heavy atom. The highest BCUT2D eigenvalue weighted by Crippen LogP contribution is 2.36. The van der Waals surface area contributed by atoms with Gasteiger partial charge in [-0.15, -0.1) is 12.4 Å². The number of halogens is 2. The number of nitrogens with one attached hydrogen (secondary N) is 1. The van der Waals surface area contributed by atoms with Crippen LogP contribution in [-0.4, -0.2) is 27.1 Å². The smallest absolute Gasteiger partial charge is 0.220 e. The van der Waals surface area contributed by atoms with Crippen molar-refractivity contribution in [2.75, 3.05) is 0 Å². The van der Waals surface area contributed by atoms with Gasteiger partial charge in [0.1, 0.15) is 17.2 Å². The lowest BCUT2D eigenvalue weighted by atomic mass is 9.80. The second-order valence-electron chi connectivity index (χ2n) is 6.90. The van der Waals surface area contributed by atoms with Crippen LogP contribution >= 0.6 is 12.4 Å². The molecule has 0 aliphatic heterocycles. The molecule has 0 atom stereocenters. The number of pyridine rings is 1. The van der Waals surface area contributed by atoms with Crippen LogP contribution in [0.25, 0.3) is 0 Å². The van der Waals surface area contributed by atoms with E-state index in [1.807, 2.05) is 0 Å². The van der Waals surface area contributed by atoms with Gasteiger partial charge >= 0.3 is 0 Å². The van der Waals surface area contributed by atoms with Gasteiger partial charge in [-0.05, 0) is 61.9 Å². The topological polar surface area (TPSA) is 82.5 Å². The summed E-state index contributed by atoms with van der Waals surface area (Å²) >= 11 is 0. The van der Waals surface area contributed by atoms with Gasteiger partial charge in [0, 0.05) is 12.5 Å². The Bertz CT molecular complexity index is 745. The number of rotatable bonds is 5. The molecular weight excluding hydrogens is 371 g/mol. The third-order valence-corrected chi connectivity index (χ3v) is 4.96. The van der Waals surface area contributed by atoms with E-state index in [0.717, 1.165) is 5.56 Å². The monoisotopic (exact) mass is 394 g/mol. The third-order valence-electron chi connectivity index (χ3n) is 4.96. The number of hydrogen-bond donors (Lipinski definition) is 3. The van der Waals surface area contributed by atoms with Crippen molar-refractivity contribution in [3.63, 3.8) is 0 Å². The zero-order valence-electron chi connectivity index (χ0n) is 14.9. The maximum Gasteiger partial charge on any atom is 0.220 e. The molecule has 146 valence electrons. The summed E-state index contributed by atoms with van der Waals surface area (Å²) in [5.41, 5.74) is 0.470. The van der Waals surface area contributed by atoms with Crippen LogP contribution in [0.4, 0.5) is 4.39 Å². The van der Waals surface area contributed by atoms with Gasteiger partial charge in [0.25, 0.3) is 0 Å². The molecule has 3 rings (SSSR count). The molecule has 1 fully saturated rings. The molecule has 0 unspecified atom stereocenters. The quantitative estimate of drug-likeness (QED) is 0.727. The first-order valence-electron chi connectivity index (χ1n) is 8.86. The number of nitrogens with zero attached hydrogens (tertiary/aromatic N) is 1. The molecule has 0 spiro atoms. The lowest BCUT2D eigenvalue weighted by molar-refractivity contribution is -0.122. The van der Waals surface area contributed by atoms with E-state index >= 15 is 0 Å². The Hall–Kier alpha value is -2.18. The molecule has 1 heterocycles. The van der Waals surface area contributed by atoms with Crippen LogP contribution in [0, 0.1) is 5.82 Å². The molecule has 1 aliphatic carbocycles. The van der Waals surface area contributed by atoms with Crippen LogP contribution < -0.4 is 5.32 Å². The summed E-state index contributed by atoms with van der Waals surface area (Å²) in [4.78, 5) is 16.2. The minimum atomic E-state index is -1.01. The number of aromatic nitrogens is 1. The molecule has 1 aromatic carbocycles. The van der Waals surface area contributed by atoms with E-state index < -0.39 is 5.60 Å². The molecule has 7 heteroatoms. The number of aromatic hydroxyl groups is 1. The van der Waals surface area contributed by atoms with Gasteiger partial charge in [0.05, 0.1) is 11.9 Å². The fourth-order valence-electron chi connectivity index (χ4n) is 3.37. The Morgan fingerprint density at radius 1 is 1.19 bits per heavy atom. The summed E-state index contributed by atoms with van der Waals surface area (Å²) in [5.74, 6) is -0.247. The third kappa shape index (κ3) is 5.65. The van der Waals surface area contributed by atoms with E-state index in [4.69, 9.17) is 0 Å². The predicted octanol–water partition coefficient (Wildman–Crippen LogP) is 3.23. The highest BCUT2D eigenvalue weighted by Gasteiger charge is 2.36. The van der Waals surface area contributed by atoms with Gasteiger partial charge in [0.2, 0.25) is 5.91 Å². The lowest BCUT2D eigenvalue weighted by Gasteiger charge is -2.35. The van der Waals surface area contributed by atoms with E-state index in [9.17, 15) is 19.4 Å². The number of aliphatic hydroxyl groups is 1. The molecule has 5 nitrogen and oxygen atoms in total. The Balaban J connectivity index is 0.00000261. The number of amides is 1. The summed E-state index contributed by atoms with van der Waals surface area (Å²) in [6.45, 7) is 0. The van der Waals surface area contributed by atoms with Gasteiger partial charge in [-0.3, -0.25) is 9.78 Å². The van der Waals surface area contributed by atoms with Gasteiger partial charge < -0.3 is 15.5 Å². The molecule has 1 amide bonds. The van der Waals surface area contributed by atoms with Crippen molar-refractivity contribution in [2.45, 2.75) is 50.2 Å². The van der Waals surface area contributed by atoms with Crippen molar-refractivity contribution in [1.29, 1.82) is 0 Å². The van der Waals surface area contributed by atoms with Crippen molar-refractivity contribution in [3.05, 3.63) is 59.7 Å². The lowest BCUT2D eigenvalue weighted by Crippen LogP contribution is -2.42. The van der Waals surface area contributed by atoms with Gasteiger partial charge in [-0.2, -0.15) is 0 Å². The van der Waals surface area contributed by atoms with Crippen LogP contribution in [0.3, 0.4) is 0 Å². The molecule has 0 radical (unpaired) electrons. The standard InChI is InChI=1S/C20H23FN2O3.ClH/c21-15-4-1-14(2-5-15)3-8-19(25)23-16-9-11-20(26,12-10-16)18-7-6-17(24)13-22-18;/h1-2,4-7,13,16,24,26H,3,8-12H2,(H,23,25);1H. The molecule has 0 bridgehead atoms. The van der Waals surface area contributed by atoms with Crippen molar-refractivity contribution < 1.29 is 19.4 Å². The largest absolute Gasteiger partial charge is 0.506 e. The second kappa shape index (κ2) is 9.15. The zero-order chi connectivity index (χ0) is 18.6. The normalized spacial score (nSPS) is 21.9. The van der Waals surface area contributed by atoms with Crippen LogP contribution in [-0.2, 0) is 16.8 Å². The molecule has 2 aromatic rings. The number of carbonyl (C=O) groups excluding carboxylic acids is 1. The van der Waals surface area contributed by atoms with Gasteiger partial charge in [-0.25, -0.2) is 4.39 Å². The summed E-state index contributed by atoms with van der Waals surface area (Å²) in [5, 5.41) is 23.1. The van der Waals surface area contributed by atoms with E-state index in [0.29, 0.717) is 44.2 Å². The van der Waals surface area contributed by atoms with E-state index in [1.165, 1.54) is 24.4 Å². The number of carbonyl (C=O) groups is 1. The fraction of sp³-hybridized carbons (Fsp3) is 0.400. The van der Waals surface area contributed by atoms with Crippen LogP contribution in [0.15, 0.2) is 42.6 Å². The minimum Gasteiger partial charge on any atom is -0.506 e. The predicted molar refractivity (Wildman–Crippen MR) is 102 cm³/mol. The molecule has 27 heavy (non-hydrogen) atoms. The minimum absolute atomic E-state index is 0. The Kier molecular flexibility index (Phi) is 7.16. The first-order chi connectivity index (χ1) is 12.4. The van der Waals surface area contributed by atoms with Crippen molar-refractivity contribution in [3.8, 4) is 5.75 Å². The van der Waals surface area contributed by atoms with Crippen molar-refractivity contribution >= 4 is 18.3 Å². The number of aryl methyl sites for hydroxylation is 1. The Morgan fingerprint density at radius 2 is 1.85 bits per heavy atom. The van der Waals surface area contributed by atoms with Gasteiger partial charge in [0.15, 0.2) is 0 Å². The summed E-state index contributed by atoms with van der Waals surface area (Å²) < 4.78 is 12.9. The highest BCUT2D eigenvalue weighted by molar-refractivity contribution is 5.85. The first kappa shape index (κ1) is 21.1. The van der Waals surface area contributed by atoms with Crippen LogP contribution in [0.2, 0.25) is 0 Å². The fourth-order valence-corrected chi connectivity index (χ4v) is 3.37. The SMILES string of the molecule is Cl.O=C(CCc1ccc(F)cc1)NC1CCC(O)(c2ccc(O)cn2)CC1. The summed E-state index contributed by atoms with van der Waals surface area (Å²) in [6.07, 6.45) is 4.60. The average Bonchev–Trinajstić information content (AvgIpc) is 2.64. The van der Waals surface area contributed by atoms with Crippen molar-refractivity contribution in [2.24, 2.45) is 0 Å². The summed E-state index contributed by atoms with van der Waals surface area (Å²) in [7, 11) is 0. The van der Waals surface area contributed by atoms with Crippen molar-refractivity contribution in [1.82, 2.24) is 10.3 Å². The Labute approximate surface area is 164 Å². The van der Waals surface area contributed by atoms with E-state index in [-0.39, 0.29) is 35.9 Å². The molecular formula is C20H24ClFN2O3. The maximum atomic E-state index is 12.9. The van der Waals surface area contributed by atoms with Gasteiger partial charge in [-0.1, -0.05) is 12.1 Å². The molecule has 1 aliphatic rings. The zero-order valence-corrected chi connectivity index (χ0v) is 15.7. The maximum absolute atomic E-state index is 12.9. The average molecular weight is 395 g/mol. The molecule has 1 aromatic heterocycles. The molecule has 1 saturated carbocycles. The molecule has 0 saturated heterocycles. The second-order valence-corrected chi connectivity index (χ2v) is 6.90. The highest BCUT2D eigenvalue weighted by atomic mass is 35.5. The van der Waals surface area contributed by atoms with E-state index in [2.05, 4.69) is 10.3 Å².